The zero-order valence-electron chi connectivity index (χ0n) is 4.51. The molecule has 0 aromatic rings. The van der Waals surface area contributed by atoms with Crippen molar-refractivity contribution in [3.63, 3.8) is 0 Å². The van der Waals surface area contributed by atoms with Crippen LogP contribution in [0.3, 0.4) is 0 Å². The minimum atomic E-state index is -0.968. The number of hydrogen-bond acceptors (Lipinski definition) is 1. The van der Waals surface area contributed by atoms with Gasteiger partial charge in [-0.05, 0) is 15.9 Å². The van der Waals surface area contributed by atoms with Crippen LogP contribution in [0.25, 0.3) is 0 Å². The predicted octanol–water partition coefficient (Wildman–Crippen LogP) is -0.124. The van der Waals surface area contributed by atoms with E-state index in [2.05, 4.69) is 11.2 Å². The van der Waals surface area contributed by atoms with E-state index in [-0.39, 0.29) is 12.8 Å². The molecule has 45 valence electrons. The van der Waals surface area contributed by atoms with Crippen LogP contribution in [0.1, 0.15) is 0 Å². The highest BCUT2D eigenvalue weighted by Crippen LogP contribution is 2.14. The Morgan fingerprint density at radius 1 is 1.78 bits per heavy atom. The van der Waals surface area contributed by atoms with Crippen molar-refractivity contribution in [2.75, 3.05) is 0 Å². The second-order valence-electron chi connectivity index (χ2n) is 1.92. The summed E-state index contributed by atoms with van der Waals surface area (Å²) in [6.07, 6.45) is 0.273. The fraction of sp³-hybridized carbons (Fsp3) is 0.500. The Hall–Kier alpha value is 0.365. The van der Waals surface area contributed by atoms with E-state index in [1.165, 1.54) is 0 Å². The van der Waals surface area contributed by atoms with Crippen LogP contribution in [-0.4, -0.2) is 25.7 Å². The molecular formula is C2H2B3F2S2. The van der Waals surface area contributed by atoms with Crippen molar-refractivity contribution < 1.29 is 8.63 Å². The van der Waals surface area contributed by atoms with Crippen molar-refractivity contribution in [2.24, 2.45) is 0 Å². The monoisotopic (exact) mass is 161 g/mol. The zero-order valence-corrected chi connectivity index (χ0v) is 6.14. The molecule has 0 unspecified atom stereocenters. The molecule has 1 aliphatic heterocycles. The third kappa shape index (κ3) is 1.27. The number of halogens is 2. The first kappa shape index (κ1) is 7.47. The topological polar surface area (TPSA) is 0 Å². The van der Waals surface area contributed by atoms with Crippen LogP contribution in [-0.2, 0) is 21.1 Å². The van der Waals surface area contributed by atoms with Crippen molar-refractivity contribution in [2.45, 2.75) is 6.22 Å². The van der Waals surface area contributed by atoms with E-state index >= 15 is 0 Å². The summed E-state index contributed by atoms with van der Waals surface area (Å²) in [7, 11) is 1.41. The molecule has 0 aromatic carbocycles. The molecule has 0 atom stereocenters. The quantitative estimate of drug-likeness (QED) is 0.381. The summed E-state index contributed by atoms with van der Waals surface area (Å²) in [5, 5.41) is 0. The third-order valence-electron chi connectivity index (χ3n) is 1.38. The van der Waals surface area contributed by atoms with Gasteiger partial charge in [0.25, 0.3) is 0 Å². The number of hydrogen-bond donors (Lipinski definition) is 0. The lowest BCUT2D eigenvalue weighted by molar-refractivity contribution is 0.852. The van der Waals surface area contributed by atoms with Gasteiger partial charge in [-0.1, -0.05) is 16.1 Å². The van der Waals surface area contributed by atoms with Crippen molar-refractivity contribution in [3.05, 3.63) is 0 Å². The van der Waals surface area contributed by atoms with Gasteiger partial charge in [0.05, 0.1) is 0 Å². The van der Waals surface area contributed by atoms with Gasteiger partial charge in [-0.15, -0.1) is 0 Å². The maximum Gasteiger partial charge on any atom is 0.370 e. The van der Waals surface area contributed by atoms with E-state index in [0.717, 1.165) is 9.91 Å². The summed E-state index contributed by atoms with van der Waals surface area (Å²) >= 11 is 4.50. The Balaban J connectivity index is 2.58. The zero-order chi connectivity index (χ0) is 6.85. The Kier molecular flexibility index (Phi) is 2.46. The summed E-state index contributed by atoms with van der Waals surface area (Å²) in [5.74, 6) is 0. The third-order valence-corrected chi connectivity index (χ3v) is 2.71. The number of rotatable bonds is 1. The molecule has 0 aromatic heterocycles. The van der Waals surface area contributed by atoms with E-state index in [1.807, 2.05) is 0 Å². The van der Waals surface area contributed by atoms with Gasteiger partial charge >= 0.3 is 14.4 Å². The summed E-state index contributed by atoms with van der Waals surface area (Å²) in [6, 6.07) is 0. The summed E-state index contributed by atoms with van der Waals surface area (Å²) in [6.45, 7) is -1.29. The van der Waals surface area contributed by atoms with Crippen molar-refractivity contribution >= 4 is 46.8 Å². The smallest absolute Gasteiger partial charge is 0.353 e. The van der Waals surface area contributed by atoms with Crippen LogP contribution in [0.5, 0.6) is 0 Å². The maximum absolute atomic E-state index is 12.3. The molecule has 1 heterocycles. The minimum absolute atomic E-state index is 0.273. The summed E-state index contributed by atoms with van der Waals surface area (Å²) in [5.41, 5.74) is 0. The molecule has 1 saturated heterocycles. The molecule has 1 fully saturated rings. The molecular weight excluding hydrogens is 159 g/mol. The van der Waals surface area contributed by atoms with Gasteiger partial charge in [0.2, 0.25) is 0 Å². The molecule has 0 nitrogen and oxygen atoms in total. The first-order chi connectivity index (χ1) is 4.29. The SMILES string of the molecule is F[B]B1CB(F)C1=S=S. The standard InChI is InChI=1S/C2H2B3F2S2/c6-3-4-1-5(7)2(4)9-8/h1H2. The fourth-order valence-electron chi connectivity index (χ4n) is 0.755. The van der Waals surface area contributed by atoms with Gasteiger partial charge in [0.15, 0.2) is 6.60 Å². The highest BCUT2D eigenvalue weighted by atomic mass is 32.8. The van der Waals surface area contributed by atoms with Gasteiger partial charge in [-0.3, -0.25) is 0 Å². The predicted molar refractivity (Wildman–Crippen MR) is 44.0 cm³/mol. The molecule has 7 heteroatoms. The minimum Gasteiger partial charge on any atom is -0.353 e. The lowest BCUT2D eigenvalue weighted by Gasteiger charge is -2.21. The molecule has 0 N–H and O–H groups in total. The van der Waals surface area contributed by atoms with Crippen LogP contribution in [0.4, 0.5) is 8.63 Å². The molecule has 1 radical (unpaired) electrons. The lowest BCUT2D eigenvalue weighted by atomic mass is 9.06. The van der Waals surface area contributed by atoms with E-state index in [0.29, 0.717) is 12.1 Å². The van der Waals surface area contributed by atoms with E-state index in [4.69, 9.17) is 0 Å². The average molecular weight is 161 g/mol. The molecule has 1 aliphatic rings. The van der Waals surface area contributed by atoms with Gasteiger partial charge in [0.1, 0.15) is 0 Å². The summed E-state index contributed by atoms with van der Waals surface area (Å²) < 4.78 is 24.4. The Labute approximate surface area is 62.1 Å². The highest BCUT2D eigenvalue weighted by Gasteiger charge is 2.43. The fourth-order valence-corrected chi connectivity index (χ4v) is 1.91. The van der Waals surface area contributed by atoms with Crippen LogP contribution in [0, 0.1) is 0 Å². The Morgan fingerprint density at radius 2 is 2.44 bits per heavy atom. The lowest BCUT2D eigenvalue weighted by Crippen LogP contribution is -2.54. The van der Waals surface area contributed by atoms with Gasteiger partial charge in [0, 0.05) is 0 Å². The van der Waals surface area contributed by atoms with Crippen molar-refractivity contribution in [3.8, 4) is 0 Å². The molecule has 0 bridgehead atoms. The van der Waals surface area contributed by atoms with Gasteiger partial charge in [-0.2, -0.15) is 0 Å². The van der Waals surface area contributed by atoms with Crippen molar-refractivity contribution in [1.29, 1.82) is 0 Å². The van der Waals surface area contributed by atoms with Gasteiger partial charge in [-0.25, -0.2) is 0 Å². The van der Waals surface area contributed by atoms with Crippen LogP contribution in [0.2, 0.25) is 6.22 Å². The molecule has 0 spiro atoms. The van der Waals surface area contributed by atoms with Crippen LogP contribution < -0.4 is 0 Å². The Morgan fingerprint density at radius 3 is 2.67 bits per heavy atom. The largest absolute Gasteiger partial charge is 0.370 e. The molecule has 1 rings (SSSR count). The average Bonchev–Trinajstić information content (AvgIpc) is 1.83. The van der Waals surface area contributed by atoms with Crippen LogP contribution >= 0.6 is 0 Å². The molecule has 0 aliphatic carbocycles. The van der Waals surface area contributed by atoms with Gasteiger partial charge < -0.3 is 8.63 Å². The molecule has 9 heavy (non-hydrogen) atoms. The van der Waals surface area contributed by atoms with Crippen LogP contribution in [0.15, 0.2) is 0 Å². The normalized spacial score (nSPS) is 17.3. The second-order valence-corrected chi connectivity index (χ2v) is 3.06. The molecule has 0 saturated carbocycles. The van der Waals surface area contributed by atoms with E-state index in [1.54, 1.807) is 0 Å². The second kappa shape index (κ2) is 2.97. The first-order valence-electron chi connectivity index (χ1n) is 2.53. The van der Waals surface area contributed by atoms with E-state index < -0.39 is 6.99 Å². The van der Waals surface area contributed by atoms with E-state index in [9.17, 15) is 8.63 Å². The maximum atomic E-state index is 12.3. The highest BCUT2D eigenvalue weighted by molar-refractivity contribution is 8.20. The Bertz CT molecular complexity index is 167. The molecule has 0 amide bonds. The summed E-state index contributed by atoms with van der Waals surface area (Å²) in [4.78, 5) is 0. The van der Waals surface area contributed by atoms with Crippen molar-refractivity contribution in [1.82, 2.24) is 0 Å². The first-order valence-corrected chi connectivity index (χ1v) is 4.28.